The Kier molecular flexibility index (Phi) is 11.1. The molecule has 0 saturated heterocycles. The molecule has 1 aromatic rings. The topological polar surface area (TPSA) is 125 Å². The SMILES string of the molecule is CB(O)O.CC(C)NCC(O)COc1ccc(CC(N)=O)cc1. The van der Waals surface area contributed by atoms with Gasteiger partial charge in [-0.05, 0) is 24.5 Å². The largest absolute Gasteiger partial charge is 0.491 e. The van der Waals surface area contributed by atoms with Gasteiger partial charge in [0.15, 0.2) is 0 Å². The molecule has 1 unspecified atom stereocenters. The lowest BCUT2D eigenvalue weighted by atomic mass is 9.99. The number of carbonyl (C=O) groups is 1. The van der Waals surface area contributed by atoms with Crippen molar-refractivity contribution in [2.45, 2.75) is 39.2 Å². The molecule has 0 aliphatic rings. The second-order valence-corrected chi connectivity index (χ2v) is 5.45. The summed E-state index contributed by atoms with van der Waals surface area (Å²) in [6.45, 7) is 6.04. The zero-order chi connectivity index (χ0) is 17.8. The highest BCUT2D eigenvalue weighted by atomic mass is 16.5. The highest BCUT2D eigenvalue weighted by molar-refractivity contribution is 6.38. The Morgan fingerprint density at radius 3 is 2.26 bits per heavy atom. The number of benzene rings is 1. The van der Waals surface area contributed by atoms with Crippen LogP contribution < -0.4 is 15.8 Å². The van der Waals surface area contributed by atoms with Gasteiger partial charge in [0.2, 0.25) is 5.91 Å². The Balaban J connectivity index is 0.00000108. The van der Waals surface area contributed by atoms with Gasteiger partial charge in [-0.1, -0.05) is 26.0 Å². The molecule has 0 spiro atoms. The van der Waals surface area contributed by atoms with Gasteiger partial charge in [0.1, 0.15) is 18.5 Å². The summed E-state index contributed by atoms with van der Waals surface area (Å²) in [5.41, 5.74) is 5.96. The van der Waals surface area contributed by atoms with Gasteiger partial charge in [-0.3, -0.25) is 4.79 Å². The fourth-order valence-electron chi connectivity index (χ4n) is 1.53. The molecule has 0 saturated carbocycles. The molecule has 0 fully saturated rings. The summed E-state index contributed by atoms with van der Waals surface area (Å²) in [6, 6.07) is 7.45. The Morgan fingerprint density at radius 1 is 1.30 bits per heavy atom. The first kappa shape index (κ1) is 21.4. The van der Waals surface area contributed by atoms with Gasteiger partial charge in [-0.15, -0.1) is 0 Å². The van der Waals surface area contributed by atoms with E-state index in [9.17, 15) is 9.90 Å². The number of aliphatic hydroxyl groups excluding tert-OH is 1. The van der Waals surface area contributed by atoms with Crippen LogP contribution in [0.25, 0.3) is 0 Å². The highest BCUT2D eigenvalue weighted by Gasteiger charge is 2.06. The van der Waals surface area contributed by atoms with Crippen molar-refractivity contribution in [3.05, 3.63) is 29.8 Å². The van der Waals surface area contributed by atoms with Gasteiger partial charge >= 0.3 is 7.12 Å². The number of ether oxygens (including phenoxy) is 1. The molecule has 1 amide bonds. The molecule has 1 rings (SSSR count). The predicted octanol–water partition coefficient (Wildman–Crippen LogP) is -0.459. The fourth-order valence-corrected chi connectivity index (χ4v) is 1.53. The van der Waals surface area contributed by atoms with E-state index in [1.807, 2.05) is 13.8 Å². The lowest BCUT2D eigenvalue weighted by Crippen LogP contribution is -2.35. The zero-order valence-electron chi connectivity index (χ0n) is 13.9. The third-order valence-corrected chi connectivity index (χ3v) is 2.51. The normalized spacial score (nSPS) is 11.4. The number of amides is 1. The molecule has 7 nitrogen and oxygen atoms in total. The molecule has 0 aliphatic carbocycles. The van der Waals surface area contributed by atoms with Crippen molar-refractivity contribution in [3.8, 4) is 5.75 Å². The van der Waals surface area contributed by atoms with Crippen LogP contribution in [0.3, 0.4) is 0 Å². The van der Waals surface area contributed by atoms with Crippen LogP contribution in [0, 0.1) is 0 Å². The van der Waals surface area contributed by atoms with Crippen LogP contribution in [-0.4, -0.2) is 53.5 Å². The second kappa shape index (κ2) is 11.9. The molecular weight excluding hydrogens is 299 g/mol. The van der Waals surface area contributed by atoms with Crippen LogP contribution in [0.1, 0.15) is 19.4 Å². The Morgan fingerprint density at radius 2 is 1.83 bits per heavy atom. The quantitative estimate of drug-likeness (QED) is 0.412. The number of nitrogens with one attached hydrogen (secondary N) is 1. The highest BCUT2D eigenvalue weighted by Crippen LogP contribution is 2.12. The van der Waals surface area contributed by atoms with Crippen LogP contribution in [0.15, 0.2) is 24.3 Å². The van der Waals surface area contributed by atoms with E-state index in [1.54, 1.807) is 24.3 Å². The van der Waals surface area contributed by atoms with Crippen molar-refractivity contribution in [2.24, 2.45) is 5.73 Å². The van der Waals surface area contributed by atoms with Crippen LogP contribution in [0.5, 0.6) is 5.75 Å². The van der Waals surface area contributed by atoms with Gasteiger partial charge in [0.05, 0.1) is 6.42 Å². The summed E-state index contributed by atoms with van der Waals surface area (Å²) in [6.07, 6.45) is -0.325. The average Bonchev–Trinajstić information content (AvgIpc) is 2.43. The molecule has 0 radical (unpaired) electrons. The van der Waals surface area contributed by atoms with E-state index in [1.165, 1.54) is 6.82 Å². The summed E-state index contributed by atoms with van der Waals surface area (Å²) in [5.74, 6) is 0.306. The summed E-state index contributed by atoms with van der Waals surface area (Å²) < 4.78 is 5.45. The van der Waals surface area contributed by atoms with E-state index in [4.69, 9.17) is 20.5 Å². The first-order chi connectivity index (χ1) is 10.7. The zero-order valence-corrected chi connectivity index (χ0v) is 13.9. The van der Waals surface area contributed by atoms with Crippen molar-refractivity contribution in [3.63, 3.8) is 0 Å². The van der Waals surface area contributed by atoms with Gasteiger partial charge in [-0.25, -0.2) is 0 Å². The van der Waals surface area contributed by atoms with Crippen LogP contribution in [0.2, 0.25) is 6.82 Å². The first-order valence-electron chi connectivity index (χ1n) is 7.48. The maximum absolute atomic E-state index is 10.7. The van der Waals surface area contributed by atoms with Crippen molar-refractivity contribution in [1.29, 1.82) is 0 Å². The number of primary amides is 1. The number of hydrogen-bond acceptors (Lipinski definition) is 6. The van der Waals surface area contributed by atoms with Crippen molar-refractivity contribution in [2.75, 3.05) is 13.2 Å². The van der Waals surface area contributed by atoms with Crippen molar-refractivity contribution >= 4 is 13.0 Å². The van der Waals surface area contributed by atoms with E-state index in [-0.39, 0.29) is 18.9 Å². The maximum Gasteiger partial charge on any atom is 0.448 e. The molecule has 6 N–H and O–H groups in total. The van der Waals surface area contributed by atoms with E-state index in [0.717, 1.165) is 5.56 Å². The standard InChI is InChI=1S/C14H22N2O3.CH5BO2/c1-10(2)16-8-12(17)9-19-13-5-3-11(4-6-13)7-14(15)18;1-2(3)4/h3-6,10,12,16-17H,7-9H2,1-2H3,(H2,15,18);3-4H,1H3. The molecule has 1 atom stereocenters. The second-order valence-electron chi connectivity index (χ2n) is 5.45. The minimum Gasteiger partial charge on any atom is -0.491 e. The summed E-state index contributed by atoms with van der Waals surface area (Å²) in [4.78, 5) is 10.7. The van der Waals surface area contributed by atoms with Gasteiger partial charge < -0.3 is 30.9 Å². The lowest BCUT2D eigenvalue weighted by Gasteiger charge is -2.15. The third kappa shape index (κ3) is 13.8. The Labute approximate surface area is 137 Å². The van der Waals surface area contributed by atoms with Crippen LogP contribution in [-0.2, 0) is 11.2 Å². The molecule has 130 valence electrons. The number of rotatable bonds is 8. The number of hydrogen-bond donors (Lipinski definition) is 5. The van der Waals surface area contributed by atoms with E-state index in [2.05, 4.69) is 5.32 Å². The van der Waals surface area contributed by atoms with E-state index in [0.29, 0.717) is 18.3 Å². The summed E-state index contributed by atoms with van der Waals surface area (Å²) in [7, 11) is -1.17. The first-order valence-corrected chi connectivity index (χ1v) is 7.48. The van der Waals surface area contributed by atoms with Crippen LogP contribution >= 0.6 is 0 Å². The molecule has 23 heavy (non-hydrogen) atoms. The van der Waals surface area contributed by atoms with Gasteiger partial charge in [0.25, 0.3) is 0 Å². The Bertz CT molecular complexity index is 437. The molecule has 0 aromatic heterocycles. The molecule has 0 aliphatic heterocycles. The predicted molar refractivity (Wildman–Crippen MR) is 90.0 cm³/mol. The average molecular weight is 326 g/mol. The summed E-state index contributed by atoms with van der Waals surface area (Å²) in [5, 5.41) is 28.0. The van der Waals surface area contributed by atoms with Crippen LogP contribution in [0.4, 0.5) is 0 Å². The molecular formula is C15H27BN2O5. The van der Waals surface area contributed by atoms with Gasteiger partial charge in [-0.2, -0.15) is 0 Å². The molecule has 8 heteroatoms. The molecule has 0 heterocycles. The summed E-state index contributed by atoms with van der Waals surface area (Å²) >= 11 is 0. The van der Waals surface area contributed by atoms with Gasteiger partial charge in [0, 0.05) is 12.6 Å². The minimum absolute atomic E-state index is 0.223. The molecule has 0 bridgehead atoms. The molecule has 1 aromatic carbocycles. The maximum atomic E-state index is 10.7. The fraction of sp³-hybridized carbons (Fsp3) is 0.533. The minimum atomic E-state index is -1.17. The van der Waals surface area contributed by atoms with Crippen molar-refractivity contribution < 1.29 is 24.7 Å². The number of nitrogens with two attached hydrogens (primary N) is 1. The van der Waals surface area contributed by atoms with E-state index >= 15 is 0 Å². The van der Waals surface area contributed by atoms with E-state index < -0.39 is 13.2 Å². The lowest BCUT2D eigenvalue weighted by molar-refractivity contribution is -0.117. The smallest absolute Gasteiger partial charge is 0.448 e. The number of carbonyl (C=O) groups excluding carboxylic acids is 1. The van der Waals surface area contributed by atoms with Crippen molar-refractivity contribution in [1.82, 2.24) is 5.32 Å². The number of aliphatic hydroxyl groups is 1. The monoisotopic (exact) mass is 326 g/mol. The Hall–Kier alpha value is -1.61. The third-order valence-electron chi connectivity index (χ3n) is 2.51.